The van der Waals surface area contributed by atoms with Crippen LogP contribution in [0.4, 0.5) is 5.82 Å². The molecule has 0 fully saturated rings. The van der Waals surface area contributed by atoms with Crippen LogP contribution in [0.25, 0.3) is 11.3 Å². The zero-order valence-corrected chi connectivity index (χ0v) is 11.8. The van der Waals surface area contributed by atoms with Crippen molar-refractivity contribution in [2.75, 3.05) is 18.9 Å². The lowest BCUT2D eigenvalue weighted by molar-refractivity contribution is 0.171. The molecule has 2 aromatic rings. The number of hydrogen-bond acceptors (Lipinski definition) is 4. The highest BCUT2D eigenvalue weighted by Crippen LogP contribution is 2.36. The first-order valence-corrected chi connectivity index (χ1v) is 6.91. The van der Waals surface area contributed by atoms with Crippen LogP contribution in [0.1, 0.15) is 19.2 Å². The first kappa shape index (κ1) is 12.8. The van der Waals surface area contributed by atoms with Gasteiger partial charge in [0, 0.05) is 19.0 Å². The maximum Gasteiger partial charge on any atom is 0.162 e. The molecule has 20 heavy (non-hydrogen) atoms. The van der Waals surface area contributed by atoms with Crippen molar-refractivity contribution in [3.63, 3.8) is 0 Å². The van der Waals surface area contributed by atoms with Crippen molar-refractivity contribution in [3.8, 4) is 22.8 Å². The molecule has 1 aliphatic rings. The summed E-state index contributed by atoms with van der Waals surface area (Å²) in [6, 6.07) is 5.84. The van der Waals surface area contributed by atoms with Gasteiger partial charge < -0.3 is 19.8 Å². The van der Waals surface area contributed by atoms with E-state index in [1.165, 1.54) is 0 Å². The van der Waals surface area contributed by atoms with Crippen LogP contribution in [0.2, 0.25) is 0 Å². The minimum absolute atomic E-state index is 0.579. The second-order valence-corrected chi connectivity index (χ2v) is 4.93. The molecule has 1 aromatic carbocycles. The minimum atomic E-state index is 0.579. The summed E-state index contributed by atoms with van der Waals surface area (Å²) in [4.78, 5) is 4.66. The highest BCUT2D eigenvalue weighted by molar-refractivity contribution is 5.73. The zero-order valence-electron chi connectivity index (χ0n) is 11.8. The van der Waals surface area contributed by atoms with E-state index in [-0.39, 0.29) is 0 Å². The molecule has 5 heteroatoms. The highest BCUT2D eigenvalue weighted by Gasteiger charge is 2.17. The average Bonchev–Trinajstić information content (AvgIpc) is 2.76. The molecule has 106 valence electrons. The van der Waals surface area contributed by atoms with Crippen LogP contribution in [-0.4, -0.2) is 22.8 Å². The molecule has 0 saturated heterocycles. The standard InChI is InChI=1S/C15H19N3O2/c1-3-4-13-17-14(15(16)18(13)2)10-5-6-11-12(9-10)20-8-7-19-11/h5-6,9H,3-4,7-8,16H2,1-2H3. The fraction of sp³-hybridized carbons (Fsp3) is 0.400. The summed E-state index contributed by atoms with van der Waals surface area (Å²) in [5.41, 5.74) is 7.95. The second kappa shape index (κ2) is 5.07. The zero-order chi connectivity index (χ0) is 14.1. The van der Waals surface area contributed by atoms with Gasteiger partial charge in [0.1, 0.15) is 30.5 Å². The van der Waals surface area contributed by atoms with Gasteiger partial charge >= 0.3 is 0 Å². The number of anilines is 1. The van der Waals surface area contributed by atoms with E-state index in [0.29, 0.717) is 19.0 Å². The van der Waals surface area contributed by atoms with Crippen molar-refractivity contribution in [2.45, 2.75) is 19.8 Å². The van der Waals surface area contributed by atoms with Crippen LogP contribution < -0.4 is 15.2 Å². The van der Waals surface area contributed by atoms with Gasteiger partial charge in [-0.3, -0.25) is 0 Å². The van der Waals surface area contributed by atoms with Gasteiger partial charge in [0.05, 0.1) is 0 Å². The van der Waals surface area contributed by atoms with Crippen LogP contribution in [0.3, 0.4) is 0 Å². The molecule has 5 nitrogen and oxygen atoms in total. The van der Waals surface area contributed by atoms with Crippen LogP contribution in [0, 0.1) is 0 Å². The number of fused-ring (bicyclic) bond motifs is 1. The lowest BCUT2D eigenvalue weighted by atomic mass is 10.1. The molecular formula is C15H19N3O2. The predicted molar refractivity (Wildman–Crippen MR) is 78.0 cm³/mol. The van der Waals surface area contributed by atoms with Crippen molar-refractivity contribution in [3.05, 3.63) is 24.0 Å². The number of aryl methyl sites for hydroxylation is 1. The van der Waals surface area contributed by atoms with Gasteiger partial charge in [0.2, 0.25) is 0 Å². The Kier molecular flexibility index (Phi) is 3.26. The van der Waals surface area contributed by atoms with Crippen LogP contribution in [0.15, 0.2) is 18.2 Å². The molecule has 2 heterocycles. The summed E-state index contributed by atoms with van der Waals surface area (Å²) in [7, 11) is 1.95. The monoisotopic (exact) mass is 273 g/mol. The van der Waals surface area contributed by atoms with E-state index < -0.39 is 0 Å². The maximum absolute atomic E-state index is 6.17. The molecule has 0 atom stereocenters. The van der Waals surface area contributed by atoms with Gasteiger partial charge in [0.25, 0.3) is 0 Å². The van der Waals surface area contributed by atoms with Crippen molar-refractivity contribution < 1.29 is 9.47 Å². The van der Waals surface area contributed by atoms with E-state index in [0.717, 1.165) is 41.4 Å². The van der Waals surface area contributed by atoms with E-state index in [9.17, 15) is 0 Å². The Balaban J connectivity index is 2.02. The summed E-state index contributed by atoms with van der Waals surface area (Å²) >= 11 is 0. The lowest BCUT2D eigenvalue weighted by Crippen LogP contribution is -2.15. The Morgan fingerprint density at radius 3 is 2.75 bits per heavy atom. The van der Waals surface area contributed by atoms with E-state index in [2.05, 4.69) is 11.9 Å². The molecule has 0 amide bonds. The summed E-state index contributed by atoms with van der Waals surface area (Å²) < 4.78 is 13.1. The third-order valence-corrected chi connectivity index (χ3v) is 3.52. The normalized spacial score (nSPS) is 13.5. The molecule has 0 spiro atoms. The number of aromatic nitrogens is 2. The van der Waals surface area contributed by atoms with E-state index in [1.807, 2.05) is 29.8 Å². The molecule has 0 saturated carbocycles. The number of nitrogen functional groups attached to an aromatic ring is 1. The predicted octanol–water partition coefficient (Wildman–Crippen LogP) is 2.39. The Hall–Kier alpha value is -2.17. The largest absolute Gasteiger partial charge is 0.486 e. The van der Waals surface area contributed by atoms with E-state index in [4.69, 9.17) is 15.2 Å². The number of imidazole rings is 1. The summed E-state index contributed by atoms with van der Waals surface area (Å²) in [5.74, 6) is 3.24. The Morgan fingerprint density at radius 2 is 2.00 bits per heavy atom. The van der Waals surface area contributed by atoms with Crippen molar-refractivity contribution >= 4 is 5.82 Å². The maximum atomic E-state index is 6.17. The SMILES string of the molecule is CCCc1nc(-c2ccc3c(c2)OCCO3)c(N)n1C. The number of rotatable bonds is 3. The first-order chi connectivity index (χ1) is 9.70. The van der Waals surface area contributed by atoms with Gasteiger partial charge in [-0.25, -0.2) is 4.98 Å². The highest BCUT2D eigenvalue weighted by atomic mass is 16.6. The smallest absolute Gasteiger partial charge is 0.162 e. The fourth-order valence-corrected chi connectivity index (χ4v) is 2.41. The molecule has 0 bridgehead atoms. The number of hydrogen-bond donors (Lipinski definition) is 1. The Labute approximate surface area is 118 Å². The number of ether oxygens (including phenoxy) is 2. The topological polar surface area (TPSA) is 62.3 Å². The van der Waals surface area contributed by atoms with Crippen molar-refractivity contribution in [1.29, 1.82) is 0 Å². The summed E-state index contributed by atoms with van der Waals surface area (Å²) in [6.45, 7) is 3.31. The second-order valence-electron chi connectivity index (χ2n) is 4.93. The number of benzene rings is 1. The number of nitrogens with zero attached hydrogens (tertiary/aromatic N) is 2. The third-order valence-electron chi connectivity index (χ3n) is 3.52. The quantitative estimate of drug-likeness (QED) is 0.932. The van der Waals surface area contributed by atoms with Gasteiger partial charge in [-0.1, -0.05) is 6.92 Å². The van der Waals surface area contributed by atoms with Gasteiger partial charge in [-0.05, 0) is 24.6 Å². The van der Waals surface area contributed by atoms with E-state index in [1.54, 1.807) is 0 Å². The van der Waals surface area contributed by atoms with E-state index >= 15 is 0 Å². The molecule has 1 aromatic heterocycles. The summed E-state index contributed by atoms with van der Waals surface area (Å²) in [6.07, 6.45) is 1.97. The third kappa shape index (κ3) is 2.09. The average molecular weight is 273 g/mol. The van der Waals surface area contributed by atoms with Crippen LogP contribution in [-0.2, 0) is 13.5 Å². The molecular weight excluding hydrogens is 254 g/mol. The van der Waals surface area contributed by atoms with Crippen LogP contribution >= 0.6 is 0 Å². The molecule has 1 aliphatic heterocycles. The molecule has 2 N–H and O–H groups in total. The minimum Gasteiger partial charge on any atom is -0.486 e. The molecule has 0 unspecified atom stereocenters. The molecule has 3 rings (SSSR count). The molecule has 0 radical (unpaired) electrons. The van der Waals surface area contributed by atoms with Gasteiger partial charge in [-0.2, -0.15) is 0 Å². The Morgan fingerprint density at radius 1 is 1.25 bits per heavy atom. The Bertz CT molecular complexity index is 634. The van der Waals surface area contributed by atoms with Crippen LogP contribution in [0.5, 0.6) is 11.5 Å². The molecule has 0 aliphatic carbocycles. The van der Waals surface area contributed by atoms with Gasteiger partial charge in [-0.15, -0.1) is 0 Å². The van der Waals surface area contributed by atoms with Gasteiger partial charge in [0.15, 0.2) is 11.5 Å². The summed E-state index contributed by atoms with van der Waals surface area (Å²) in [5, 5.41) is 0. The number of nitrogens with two attached hydrogens (primary N) is 1. The van der Waals surface area contributed by atoms with Crippen molar-refractivity contribution in [2.24, 2.45) is 7.05 Å². The van der Waals surface area contributed by atoms with Crippen molar-refractivity contribution in [1.82, 2.24) is 9.55 Å². The fourth-order valence-electron chi connectivity index (χ4n) is 2.41. The first-order valence-electron chi connectivity index (χ1n) is 6.91. The lowest BCUT2D eigenvalue weighted by Gasteiger charge is -2.18.